The minimum absolute atomic E-state index is 0.950. The van der Waals surface area contributed by atoms with Gasteiger partial charge in [-0.25, -0.2) is 0 Å². The number of benzene rings is 8. The van der Waals surface area contributed by atoms with E-state index in [1.807, 2.05) is 12.4 Å². The minimum Gasteiger partial charge on any atom is -0.256 e. The van der Waals surface area contributed by atoms with Crippen molar-refractivity contribution in [3.8, 4) is 44.8 Å². The Balaban J connectivity index is 1.15. The Morgan fingerprint density at radius 1 is 0.292 bits per heavy atom. The molecule has 0 fully saturated rings. The van der Waals surface area contributed by atoms with Crippen molar-refractivity contribution in [2.24, 2.45) is 0 Å². The lowest BCUT2D eigenvalue weighted by Crippen LogP contribution is -1.94. The molecule has 10 rings (SSSR count). The van der Waals surface area contributed by atoms with Gasteiger partial charge in [-0.15, -0.1) is 0 Å². The molecule has 0 unspecified atom stereocenters. The summed E-state index contributed by atoms with van der Waals surface area (Å²) in [6.07, 6.45) is 4.03. The fourth-order valence-electron chi connectivity index (χ4n) is 7.54. The van der Waals surface area contributed by atoms with Gasteiger partial charge in [-0.05, 0) is 89.3 Å². The Labute approximate surface area is 277 Å². The summed E-state index contributed by atoms with van der Waals surface area (Å²) in [5, 5.41) is 12.4. The van der Waals surface area contributed by atoms with E-state index in [0.29, 0.717) is 0 Å². The second kappa shape index (κ2) is 10.6. The van der Waals surface area contributed by atoms with Gasteiger partial charge in [0.1, 0.15) is 0 Å². The molecule has 2 nitrogen and oxygen atoms in total. The highest BCUT2D eigenvalue weighted by atomic mass is 14.7. The molecule has 0 aliphatic heterocycles. The third kappa shape index (κ3) is 4.20. The highest BCUT2D eigenvalue weighted by molar-refractivity contribution is 6.28. The van der Waals surface area contributed by atoms with Crippen molar-refractivity contribution < 1.29 is 0 Å². The van der Waals surface area contributed by atoms with E-state index in [1.54, 1.807) is 0 Å². The molecule has 0 aliphatic carbocycles. The van der Waals surface area contributed by atoms with Crippen molar-refractivity contribution >= 4 is 53.9 Å². The first-order valence-corrected chi connectivity index (χ1v) is 16.4. The summed E-state index contributed by atoms with van der Waals surface area (Å²) in [5.41, 5.74) is 8.70. The maximum absolute atomic E-state index is 5.11. The number of rotatable bonds is 4. The number of aromatic nitrogens is 2. The zero-order chi connectivity index (χ0) is 31.6. The van der Waals surface area contributed by atoms with Gasteiger partial charge in [0.2, 0.25) is 0 Å². The van der Waals surface area contributed by atoms with Crippen LogP contribution >= 0.6 is 0 Å². The lowest BCUT2D eigenvalue weighted by molar-refractivity contribution is 1.32. The van der Waals surface area contributed by atoms with E-state index in [2.05, 4.69) is 158 Å². The van der Waals surface area contributed by atoms with Crippen LogP contribution in [0.4, 0.5) is 0 Å². The molecule has 0 atom stereocenters. The molecule has 2 heterocycles. The predicted octanol–water partition coefficient (Wildman–Crippen LogP) is 12.3. The Kier molecular flexibility index (Phi) is 5.91. The molecule has 0 spiro atoms. The van der Waals surface area contributed by atoms with E-state index in [9.17, 15) is 0 Å². The van der Waals surface area contributed by atoms with Crippen LogP contribution in [0.3, 0.4) is 0 Å². The lowest BCUT2D eigenvalue weighted by Gasteiger charge is -2.17. The molecule has 0 saturated heterocycles. The standard InChI is InChI=1S/C46H28N2/c1-2-9-33-25-34(16-15-29(33)7-1)35-19-23-43(47-27-35)41-26-42(40-22-18-32-12-5-11-31-17-21-39(41)46(40)45(31)32)44-24-20-36(28-48-44)38-14-6-10-30-8-3-4-13-37(30)38/h1-28H. The Bertz CT molecular complexity index is 2790. The number of nitrogens with zero attached hydrogens (tertiary/aromatic N) is 2. The van der Waals surface area contributed by atoms with Crippen LogP contribution in [0.25, 0.3) is 98.6 Å². The molecule has 2 heteroatoms. The van der Waals surface area contributed by atoms with Crippen molar-refractivity contribution in [1.82, 2.24) is 9.97 Å². The molecule has 0 bridgehead atoms. The van der Waals surface area contributed by atoms with Crippen LogP contribution in [0.1, 0.15) is 0 Å². The first-order chi connectivity index (χ1) is 23.8. The molecular weight excluding hydrogens is 581 g/mol. The molecular formula is C46H28N2. The van der Waals surface area contributed by atoms with E-state index >= 15 is 0 Å². The Hall–Kier alpha value is -6.38. The third-order valence-electron chi connectivity index (χ3n) is 9.91. The van der Waals surface area contributed by atoms with Crippen LogP contribution < -0.4 is 0 Å². The average Bonchev–Trinajstić information content (AvgIpc) is 3.16. The van der Waals surface area contributed by atoms with Crippen molar-refractivity contribution in [3.63, 3.8) is 0 Å². The molecule has 0 radical (unpaired) electrons. The van der Waals surface area contributed by atoms with Crippen LogP contribution in [0.2, 0.25) is 0 Å². The highest BCUT2D eigenvalue weighted by Gasteiger charge is 2.18. The minimum atomic E-state index is 0.950. The van der Waals surface area contributed by atoms with Crippen molar-refractivity contribution in [2.75, 3.05) is 0 Å². The topological polar surface area (TPSA) is 25.8 Å². The van der Waals surface area contributed by atoms with Crippen LogP contribution in [-0.4, -0.2) is 9.97 Å². The summed E-state index contributed by atoms with van der Waals surface area (Å²) < 4.78 is 0. The molecule has 0 saturated carbocycles. The van der Waals surface area contributed by atoms with E-state index < -0.39 is 0 Å². The number of pyridine rings is 2. The predicted molar refractivity (Wildman–Crippen MR) is 202 cm³/mol. The monoisotopic (exact) mass is 608 g/mol. The summed E-state index contributed by atoms with van der Waals surface area (Å²) in [7, 11) is 0. The Morgan fingerprint density at radius 3 is 1.56 bits per heavy atom. The molecule has 0 aliphatic rings. The third-order valence-corrected chi connectivity index (χ3v) is 9.91. The van der Waals surface area contributed by atoms with E-state index in [1.165, 1.54) is 65.0 Å². The summed E-state index contributed by atoms with van der Waals surface area (Å²) in [6, 6.07) is 56.7. The molecule has 2 aromatic heterocycles. The summed E-state index contributed by atoms with van der Waals surface area (Å²) >= 11 is 0. The van der Waals surface area contributed by atoms with Crippen LogP contribution in [0, 0.1) is 0 Å². The van der Waals surface area contributed by atoms with Gasteiger partial charge in [0.05, 0.1) is 11.4 Å². The van der Waals surface area contributed by atoms with Crippen LogP contribution in [-0.2, 0) is 0 Å². The van der Waals surface area contributed by atoms with Crippen molar-refractivity contribution in [1.29, 1.82) is 0 Å². The summed E-state index contributed by atoms with van der Waals surface area (Å²) in [4.78, 5) is 10.2. The fraction of sp³-hybridized carbons (Fsp3) is 0. The SMILES string of the molecule is c1ccc2cc(-c3ccc(-c4cc(-c5ccc(-c6cccc7ccccc67)cn5)c5ccc6cccc7ccc4c5c76)nc3)ccc2c1. The zero-order valence-corrected chi connectivity index (χ0v) is 26.1. The van der Waals surface area contributed by atoms with E-state index in [0.717, 1.165) is 33.6 Å². The fourth-order valence-corrected chi connectivity index (χ4v) is 7.54. The molecule has 10 aromatic rings. The van der Waals surface area contributed by atoms with E-state index in [-0.39, 0.29) is 0 Å². The zero-order valence-electron chi connectivity index (χ0n) is 26.1. The van der Waals surface area contributed by atoms with Gasteiger partial charge in [-0.1, -0.05) is 133 Å². The van der Waals surface area contributed by atoms with Gasteiger partial charge in [0.25, 0.3) is 0 Å². The van der Waals surface area contributed by atoms with Crippen molar-refractivity contribution in [3.05, 3.63) is 170 Å². The van der Waals surface area contributed by atoms with Gasteiger partial charge in [0, 0.05) is 34.6 Å². The summed E-state index contributed by atoms with van der Waals surface area (Å²) in [6.45, 7) is 0. The van der Waals surface area contributed by atoms with Crippen LogP contribution in [0.15, 0.2) is 170 Å². The maximum Gasteiger partial charge on any atom is 0.0708 e. The van der Waals surface area contributed by atoms with Gasteiger partial charge in [-0.3, -0.25) is 9.97 Å². The lowest BCUT2D eigenvalue weighted by atomic mass is 9.87. The smallest absolute Gasteiger partial charge is 0.0708 e. The van der Waals surface area contributed by atoms with Gasteiger partial charge in [-0.2, -0.15) is 0 Å². The molecule has 0 amide bonds. The quantitative estimate of drug-likeness (QED) is 0.186. The van der Waals surface area contributed by atoms with Gasteiger partial charge >= 0.3 is 0 Å². The molecule has 222 valence electrons. The van der Waals surface area contributed by atoms with E-state index in [4.69, 9.17) is 9.97 Å². The normalized spacial score (nSPS) is 11.8. The first kappa shape index (κ1) is 26.8. The maximum atomic E-state index is 5.11. The molecule has 48 heavy (non-hydrogen) atoms. The highest BCUT2D eigenvalue weighted by Crippen LogP contribution is 2.43. The number of fused-ring (bicyclic) bond motifs is 2. The second-order valence-electron chi connectivity index (χ2n) is 12.6. The van der Waals surface area contributed by atoms with Gasteiger partial charge < -0.3 is 0 Å². The average molecular weight is 609 g/mol. The molecule has 0 N–H and O–H groups in total. The molecule has 8 aromatic carbocycles. The van der Waals surface area contributed by atoms with Crippen LogP contribution in [0.5, 0.6) is 0 Å². The largest absolute Gasteiger partial charge is 0.256 e. The summed E-state index contributed by atoms with van der Waals surface area (Å²) in [5.74, 6) is 0. The number of hydrogen-bond acceptors (Lipinski definition) is 2. The van der Waals surface area contributed by atoms with Gasteiger partial charge in [0.15, 0.2) is 0 Å². The second-order valence-corrected chi connectivity index (χ2v) is 12.6. The van der Waals surface area contributed by atoms with Crippen molar-refractivity contribution in [2.45, 2.75) is 0 Å². The number of hydrogen-bond donors (Lipinski definition) is 0. The first-order valence-electron chi connectivity index (χ1n) is 16.4. The Morgan fingerprint density at radius 2 is 0.854 bits per heavy atom.